The first-order valence-corrected chi connectivity index (χ1v) is 7.64. The number of carbonyl (C=O) groups excluding carboxylic acids is 1. The van der Waals surface area contributed by atoms with Gasteiger partial charge in [-0.3, -0.25) is 4.79 Å². The van der Waals surface area contributed by atoms with Crippen molar-refractivity contribution in [3.05, 3.63) is 11.1 Å². The fourth-order valence-electron chi connectivity index (χ4n) is 3.79. The third kappa shape index (κ3) is 2.27. The molecule has 1 N–H and O–H groups in total. The van der Waals surface area contributed by atoms with Crippen molar-refractivity contribution >= 4 is 5.78 Å². The molecule has 0 bridgehead atoms. The molecule has 118 valence electrons. The Morgan fingerprint density at radius 2 is 2.05 bits per heavy atom. The van der Waals surface area contributed by atoms with E-state index >= 15 is 0 Å². The lowest BCUT2D eigenvalue weighted by molar-refractivity contribution is -0.195. The molecule has 5 heteroatoms. The molecule has 0 amide bonds. The molecule has 5 nitrogen and oxygen atoms in total. The lowest BCUT2D eigenvalue weighted by Crippen LogP contribution is -2.59. The van der Waals surface area contributed by atoms with E-state index in [2.05, 4.69) is 0 Å². The second-order valence-corrected chi connectivity index (χ2v) is 6.80. The molecule has 4 atom stereocenters. The van der Waals surface area contributed by atoms with Crippen LogP contribution in [0.15, 0.2) is 11.1 Å². The van der Waals surface area contributed by atoms with Crippen LogP contribution in [0.4, 0.5) is 0 Å². The summed E-state index contributed by atoms with van der Waals surface area (Å²) in [5, 5.41) is 11.2. The highest BCUT2D eigenvalue weighted by Crippen LogP contribution is 2.49. The van der Waals surface area contributed by atoms with Crippen LogP contribution < -0.4 is 0 Å². The molecule has 0 aromatic carbocycles. The van der Waals surface area contributed by atoms with Gasteiger partial charge in [0.15, 0.2) is 11.6 Å². The zero-order valence-electron chi connectivity index (χ0n) is 13.1. The van der Waals surface area contributed by atoms with E-state index in [9.17, 15) is 9.90 Å². The first kappa shape index (κ1) is 15.2. The fraction of sp³-hybridized carbons (Fsp3) is 0.812. The predicted molar refractivity (Wildman–Crippen MR) is 75.7 cm³/mol. The van der Waals surface area contributed by atoms with Gasteiger partial charge in [-0.1, -0.05) is 0 Å². The molecule has 0 aromatic rings. The van der Waals surface area contributed by atoms with Crippen molar-refractivity contribution in [2.24, 2.45) is 0 Å². The molecule has 0 radical (unpaired) electrons. The summed E-state index contributed by atoms with van der Waals surface area (Å²) in [6.45, 7) is 5.49. The molecule has 0 saturated carbocycles. The number of methoxy groups -OCH3 is 1. The topological polar surface area (TPSA) is 65.0 Å². The number of aliphatic hydroxyl groups is 1. The maximum atomic E-state index is 12.3. The Kier molecular flexibility index (Phi) is 3.52. The summed E-state index contributed by atoms with van der Waals surface area (Å²) in [6, 6.07) is 0. The van der Waals surface area contributed by atoms with E-state index < -0.39 is 23.6 Å². The summed E-state index contributed by atoms with van der Waals surface area (Å²) in [6.07, 6.45) is 1.26. The molecular formula is C16H24O5. The number of rotatable bonds is 2. The first-order chi connectivity index (χ1) is 9.78. The summed E-state index contributed by atoms with van der Waals surface area (Å²) in [4.78, 5) is 12.3. The van der Waals surface area contributed by atoms with E-state index in [1.807, 2.05) is 20.8 Å². The van der Waals surface area contributed by atoms with Gasteiger partial charge < -0.3 is 19.3 Å². The van der Waals surface area contributed by atoms with Crippen LogP contribution in [-0.2, 0) is 19.0 Å². The second kappa shape index (κ2) is 4.88. The van der Waals surface area contributed by atoms with Crippen molar-refractivity contribution in [3.8, 4) is 0 Å². The van der Waals surface area contributed by atoms with Crippen LogP contribution in [-0.4, -0.2) is 47.7 Å². The minimum atomic E-state index is -1.24. The number of Topliss-reactive ketones (excluding diaryl/α,β-unsaturated/α-hetero) is 1. The Balaban J connectivity index is 2.07. The van der Waals surface area contributed by atoms with Crippen LogP contribution in [0.2, 0.25) is 0 Å². The molecule has 2 aliphatic carbocycles. The number of ketones is 1. The van der Waals surface area contributed by atoms with Crippen LogP contribution in [0, 0.1) is 0 Å². The first-order valence-electron chi connectivity index (χ1n) is 7.64. The summed E-state index contributed by atoms with van der Waals surface area (Å²) < 4.78 is 17.4. The zero-order chi connectivity index (χ0) is 15.4. The molecular weight excluding hydrogens is 272 g/mol. The minimum Gasteiger partial charge on any atom is -0.384 e. The van der Waals surface area contributed by atoms with Crippen LogP contribution in [0.1, 0.15) is 46.5 Å². The monoisotopic (exact) mass is 296 g/mol. The van der Waals surface area contributed by atoms with Gasteiger partial charge in [0.1, 0.15) is 17.8 Å². The van der Waals surface area contributed by atoms with Crippen LogP contribution in [0.25, 0.3) is 0 Å². The number of hydrogen-bond acceptors (Lipinski definition) is 5. The quantitative estimate of drug-likeness (QED) is 0.840. The normalized spacial score (nSPS) is 40.0. The summed E-state index contributed by atoms with van der Waals surface area (Å²) in [5.74, 6) is -0.635. The molecule has 0 spiro atoms. The highest BCUT2D eigenvalue weighted by Gasteiger charge is 2.59. The van der Waals surface area contributed by atoms with Gasteiger partial charge in [0, 0.05) is 25.5 Å². The maximum Gasteiger partial charge on any atom is 0.164 e. The summed E-state index contributed by atoms with van der Waals surface area (Å²) in [7, 11) is 1.56. The van der Waals surface area contributed by atoms with Crippen molar-refractivity contribution < 1.29 is 24.1 Å². The van der Waals surface area contributed by atoms with E-state index in [0.717, 1.165) is 24.0 Å². The average Bonchev–Trinajstić information content (AvgIpc) is 2.76. The van der Waals surface area contributed by atoms with Gasteiger partial charge in [0.2, 0.25) is 0 Å². The number of fused-ring (bicyclic) bond motifs is 2. The number of ether oxygens (including phenoxy) is 3. The van der Waals surface area contributed by atoms with Gasteiger partial charge in [0.05, 0.1) is 6.10 Å². The van der Waals surface area contributed by atoms with Gasteiger partial charge in [-0.2, -0.15) is 0 Å². The summed E-state index contributed by atoms with van der Waals surface area (Å²) in [5.41, 5.74) is 0.518. The minimum absolute atomic E-state index is 0.129. The summed E-state index contributed by atoms with van der Waals surface area (Å²) >= 11 is 0. The van der Waals surface area contributed by atoms with E-state index in [-0.39, 0.29) is 18.3 Å². The predicted octanol–water partition coefficient (Wildman–Crippen LogP) is 1.73. The Morgan fingerprint density at radius 1 is 1.33 bits per heavy atom. The van der Waals surface area contributed by atoms with Crippen LogP contribution in [0.3, 0.4) is 0 Å². The fourth-order valence-corrected chi connectivity index (χ4v) is 3.79. The van der Waals surface area contributed by atoms with Crippen molar-refractivity contribution in [1.82, 2.24) is 0 Å². The largest absolute Gasteiger partial charge is 0.384 e. The maximum absolute atomic E-state index is 12.3. The highest BCUT2D eigenvalue weighted by atomic mass is 16.8. The lowest BCUT2D eigenvalue weighted by Gasteiger charge is -2.45. The standard InChI is InChI=1S/C16H24O5/c1-9(19-4)16(18)8-11-10(6-5-7-12(11)17)13-14(16)21-15(2,3)20-13/h9,13-14,18H,5-8H2,1-4H3/t9-,13-,14-,16-/m1/s1. The molecule has 3 rings (SSSR count). The smallest absolute Gasteiger partial charge is 0.164 e. The molecule has 1 fully saturated rings. The van der Waals surface area contributed by atoms with E-state index in [1.165, 1.54) is 0 Å². The van der Waals surface area contributed by atoms with Gasteiger partial charge >= 0.3 is 0 Å². The molecule has 1 saturated heterocycles. The Morgan fingerprint density at radius 3 is 2.71 bits per heavy atom. The average molecular weight is 296 g/mol. The Hall–Kier alpha value is -0.750. The SMILES string of the molecule is CO[C@H](C)[C@]1(O)CC2=C(CCCC2=O)[C@H]2OC(C)(C)O[C@H]21. The molecule has 1 heterocycles. The van der Waals surface area contributed by atoms with Gasteiger partial charge in [0.25, 0.3) is 0 Å². The van der Waals surface area contributed by atoms with E-state index in [1.54, 1.807) is 7.11 Å². The Bertz CT molecular complexity index is 495. The van der Waals surface area contributed by atoms with E-state index in [0.29, 0.717) is 6.42 Å². The third-order valence-corrected chi connectivity index (χ3v) is 5.02. The van der Waals surface area contributed by atoms with Gasteiger partial charge in [-0.05, 0) is 39.2 Å². The van der Waals surface area contributed by atoms with Gasteiger partial charge in [-0.15, -0.1) is 0 Å². The molecule has 3 aliphatic rings. The van der Waals surface area contributed by atoms with Crippen molar-refractivity contribution in [2.75, 3.05) is 7.11 Å². The number of carbonyl (C=O) groups is 1. The van der Waals surface area contributed by atoms with E-state index in [4.69, 9.17) is 14.2 Å². The molecule has 0 aromatic heterocycles. The number of hydrogen-bond donors (Lipinski definition) is 1. The second-order valence-electron chi connectivity index (χ2n) is 6.80. The van der Waals surface area contributed by atoms with Crippen molar-refractivity contribution in [1.29, 1.82) is 0 Å². The van der Waals surface area contributed by atoms with Crippen molar-refractivity contribution in [3.63, 3.8) is 0 Å². The molecule has 0 unspecified atom stereocenters. The molecule has 1 aliphatic heterocycles. The molecule has 21 heavy (non-hydrogen) atoms. The highest BCUT2D eigenvalue weighted by molar-refractivity contribution is 5.97. The van der Waals surface area contributed by atoms with Gasteiger partial charge in [-0.25, -0.2) is 0 Å². The van der Waals surface area contributed by atoms with Crippen LogP contribution in [0.5, 0.6) is 0 Å². The van der Waals surface area contributed by atoms with Crippen molar-refractivity contribution in [2.45, 2.75) is 76.2 Å². The van der Waals surface area contributed by atoms with Crippen LogP contribution >= 0.6 is 0 Å². The lowest BCUT2D eigenvalue weighted by atomic mass is 9.69. The zero-order valence-corrected chi connectivity index (χ0v) is 13.1. The third-order valence-electron chi connectivity index (χ3n) is 5.02. The Labute approximate surface area is 125 Å².